The highest BCUT2D eigenvalue weighted by molar-refractivity contribution is 5.79. The van der Waals surface area contributed by atoms with Gasteiger partial charge < -0.3 is 10.4 Å². The van der Waals surface area contributed by atoms with Crippen molar-refractivity contribution in [3.8, 4) is 0 Å². The van der Waals surface area contributed by atoms with Gasteiger partial charge in [-0.2, -0.15) is 13.2 Å². The van der Waals surface area contributed by atoms with E-state index in [2.05, 4.69) is 5.32 Å². The van der Waals surface area contributed by atoms with Crippen LogP contribution in [0.2, 0.25) is 0 Å². The minimum Gasteiger partial charge on any atom is -0.391 e. The van der Waals surface area contributed by atoms with Crippen molar-refractivity contribution in [2.75, 3.05) is 0 Å². The molecule has 0 saturated heterocycles. The molecule has 3 nitrogen and oxygen atoms in total. The first-order valence-electron chi connectivity index (χ1n) is 7.43. The van der Waals surface area contributed by atoms with Gasteiger partial charge in [-0.25, -0.2) is 0 Å². The SMILES string of the molecule is O=C(NC1CCCCC1O)C1CCC(C(F)(F)F)CC1. The van der Waals surface area contributed by atoms with Crippen molar-refractivity contribution in [3.05, 3.63) is 0 Å². The van der Waals surface area contributed by atoms with Gasteiger partial charge in [0, 0.05) is 5.92 Å². The zero-order valence-corrected chi connectivity index (χ0v) is 11.5. The third-order valence-electron chi connectivity index (χ3n) is 4.62. The van der Waals surface area contributed by atoms with E-state index in [1.807, 2.05) is 0 Å². The number of hydrogen-bond donors (Lipinski definition) is 2. The lowest BCUT2D eigenvalue weighted by Crippen LogP contribution is -2.47. The Morgan fingerprint density at radius 2 is 1.60 bits per heavy atom. The van der Waals surface area contributed by atoms with Crippen LogP contribution in [0.5, 0.6) is 0 Å². The maximum absolute atomic E-state index is 12.6. The molecule has 0 aromatic heterocycles. The van der Waals surface area contributed by atoms with Crippen LogP contribution in [-0.4, -0.2) is 29.3 Å². The zero-order chi connectivity index (χ0) is 14.8. The van der Waals surface area contributed by atoms with E-state index < -0.39 is 18.2 Å². The van der Waals surface area contributed by atoms with E-state index in [9.17, 15) is 23.1 Å². The summed E-state index contributed by atoms with van der Waals surface area (Å²) in [4.78, 5) is 12.1. The van der Waals surface area contributed by atoms with E-state index in [1.54, 1.807) is 0 Å². The van der Waals surface area contributed by atoms with Gasteiger partial charge in [0.25, 0.3) is 0 Å². The Morgan fingerprint density at radius 3 is 2.15 bits per heavy atom. The van der Waals surface area contributed by atoms with Crippen molar-refractivity contribution >= 4 is 5.91 Å². The summed E-state index contributed by atoms with van der Waals surface area (Å²) in [7, 11) is 0. The molecule has 0 aliphatic heterocycles. The van der Waals surface area contributed by atoms with Gasteiger partial charge in [-0.15, -0.1) is 0 Å². The molecular weight excluding hydrogens is 271 g/mol. The number of amides is 1. The molecular formula is C14H22F3NO2. The molecule has 2 saturated carbocycles. The first-order chi connectivity index (χ1) is 9.38. The maximum atomic E-state index is 12.6. The summed E-state index contributed by atoms with van der Waals surface area (Å²) < 4.78 is 37.7. The second-order valence-electron chi connectivity index (χ2n) is 6.06. The van der Waals surface area contributed by atoms with Gasteiger partial charge in [0.05, 0.1) is 18.1 Å². The van der Waals surface area contributed by atoms with Crippen LogP contribution >= 0.6 is 0 Å². The Labute approximate surface area is 116 Å². The van der Waals surface area contributed by atoms with Crippen LogP contribution in [0, 0.1) is 11.8 Å². The summed E-state index contributed by atoms with van der Waals surface area (Å²) in [5, 5.41) is 12.6. The van der Waals surface area contributed by atoms with E-state index in [-0.39, 0.29) is 30.7 Å². The average Bonchev–Trinajstić information content (AvgIpc) is 2.40. The number of aliphatic hydroxyl groups is 1. The van der Waals surface area contributed by atoms with Gasteiger partial charge in [0.15, 0.2) is 0 Å². The predicted octanol–water partition coefficient (Wildman–Crippen LogP) is 2.77. The van der Waals surface area contributed by atoms with Crippen molar-refractivity contribution in [1.82, 2.24) is 5.32 Å². The van der Waals surface area contributed by atoms with Gasteiger partial charge in [-0.1, -0.05) is 12.8 Å². The number of halogens is 3. The van der Waals surface area contributed by atoms with Crippen molar-refractivity contribution < 1.29 is 23.1 Å². The number of rotatable bonds is 2. The molecule has 6 heteroatoms. The van der Waals surface area contributed by atoms with Crippen LogP contribution in [0.4, 0.5) is 13.2 Å². The van der Waals surface area contributed by atoms with E-state index in [1.165, 1.54) is 0 Å². The number of nitrogens with one attached hydrogen (secondary N) is 1. The summed E-state index contributed by atoms with van der Waals surface area (Å²) in [5.74, 6) is -1.77. The third-order valence-corrected chi connectivity index (χ3v) is 4.62. The molecule has 20 heavy (non-hydrogen) atoms. The average molecular weight is 293 g/mol. The fourth-order valence-electron chi connectivity index (χ4n) is 3.26. The zero-order valence-electron chi connectivity index (χ0n) is 11.5. The fraction of sp³-hybridized carbons (Fsp3) is 0.929. The molecule has 2 rings (SSSR count). The van der Waals surface area contributed by atoms with Crippen LogP contribution in [0.1, 0.15) is 51.4 Å². The van der Waals surface area contributed by atoms with Crippen LogP contribution in [0.15, 0.2) is 0 Å². The third kappa shape index (κ3) is 3.87. The molecule has 1 amide bonds. The van der Waals surface area contributed by atoms with Crippen LogP contribution in [0.3, 0.4) is 0 Å². The second-order valence-corrected chi connectivity index (χ2v) is 6.06. The van der Waals surface area contributed by atoms with Crippen molar-refractivity contribution in [3.63, 3.8) is 0 Å². The normalized spacial score (nSPS) is 35.6. The number of hydrogen-bond acceptors (Lipinski definition) is 2. The van der Waals surface area contributed by atoms with Crippen LogP contribution in [0.25, 0.3) is 0 Å². The molecule has 0 aromatic carbocycles. The van der Waals surface area contributed by atoms with Gasteiger partial charge in [-0.05, 0) is 38.5 Å². The lowest BCUT2D eigenvalue weighted by Gasteiger charge is -2.32. The molecule has 2 N–H and O–H groups in total. The quantitative estimate of drug-likeness (QED) is 0.822. The molecule has 0 bridgehead atoms. The standard InChI is InChI=1S/C14H22F3NO2/c15-14(16,17)10-7-5-9(6-8-10)13(20)18-11-3-1-2-4-12(11)19/h9-12,19H,1-8H2,(H,18,20). The highest BCUT2D eigenvalue weighted by atomic mass is 19.4. The lowest BCUT2D eigenvalue weighted by molar-refractivity contribution is -0.184. The number of aliphatic hydroxyl groups excluding tert-OH is 1. The van der Waals surface area contributed by atoms with Crippen LogP contribution in [-0.2, 0) is 4.79 Å². The van der Waals surface area contributed by atoms with Gasteiger partial charge in [0.2, 0.25) is 5.91 Å². The smallest absolute Gasteiger partial charge is 0.391 e. The van der Waals surface area contributed by atoms with Crippen molar-refractivity contribution in [1.29, 1.82) is 0 Å². The Kier molecular flexibility index (Phi) is 4.94. The predicted molar refractivity (Wildman–Crippen MR) is 67.9 cm³/mol. The van der Waals surface area contributed by atoms with Gasteiger partial charge >= 0.3 is 6.18 Å². The molecule has 0 heterocycles. The lowest BCUT2D eigenvalue weighted by atomic mass is 9.81. The van der Waals surface area contributed by atoms with Gasteiger partial charge in [0.1, 0.15) is 0 Å². The molecule has 0 aromatic rings. The summed E-state index contributed by atoms with van der Waals surface area (Å²) in [6, 6.07) is -0.225. The minimum absolute atomic E-state index is 0.0365. The topological polar surface area (TPSA) is 49.3 Å². The number of carbonyl (C=O) groups is 1. The Morgan fingerprint density at radius 1 is 1.00 bits per heavy atom. The summed E-state index contributed by atoms with van der Waals surface area (Å²) in [6.45, 7) is 0. The fourth-order valence-corrected chi connectivity index (χ4v) is 3.26. The summed E-state index contributed by atoms with van der Waals surface area (Å²) >= 11 is 0. The van der Waals surface area contributed by atoms with E-state index in [4.69, 9.17) is 0 Å². The molecule has 0 spiro atoms. The highest BCUT2D eigenvalue weighted by Gasteiger charge is 2.42. The summed E-state index contributed by atoms with van der Waals surface area (Å²) in [5.41, 5.74) is 0. The number of alkyl halides is 3. The van der Waals surface area contributed by atoms with Crippen molar-refractivity contribution in [2.24, 2.45) is 11.8 Å². The first-order valence-corrected chi connectivity index (χ1v) is 7.43. The monoisotopic (exact) mass is 293 g/mol. The van der Waals surface area contributed by atoms with Crippen LogP contribution < -0.4 is 5.32 Å². The van der Waals surface area contributed by atoms with Gasteiger partial charge in [-0.3, -0.25) is 4.79 Å². The Balaban J connectivity index is 1.80. The largest absolute Gasteiger partial charge is 0.391 e. The number of carbonyl (C=O) groups excluding carboxylic acids is 1. The molecule has 116 valence electrons. The van der Waals surface area contributed by atoms with E-state index in [0.29, 0.717) is 19.3 Å². The molecule has 2 fully saturated rings. The van der Waals surface area contributed by atoms with E-state index >= 15 is 0 Å². The first kappa shape index (κ1) is 15.6. The summed E-state index contributed by atoms with van der Waals surface area (Å²) in [6.07, 6.45) is -0.620. The second kappa shape index (κ2) is 6.33. The highest BCUT2D eigenvalue weighted by Crippen LogP contribution is 2.39. The van der Waals surface area contributed by atoms with E-state index in [0.717, 1.165) is 19.3 Å². The maximum Gasteiger partial charge on any atom is 0.391 e. The Bertz CT molecular complexity index is 338. The minimum atomic E-state index is -4.14. The molecule has 2 aliphatic carbocycles. The Hall–Kier alpha value is -0.780. The molecule has 2 unspecified atom stereocenters. The molecule has 2 atom stereocenters. The van der Waals surface area contributed by atoms with Crippen molar-refractivity contribution in [2.45, 2.75) is 69.7 Å². The molecule has 0 radical (unpaired) electrons. The molecule has 2 aliphatic rings.